The van der Waals surface area contributed by atoms with Crippen LogP contribution in [0, 0.1) is 13.8 Å². The van der Waals surface area contributed by atoms with Crippen LogP contribution >= 0.6 is 0 Å². The molecule has 3 aromatic rings. The van der Waals surface area contributed by atoms with Gasteiger partial charge in [-0.1, -0.05) is 25.3 Å². The van der Waals surface area contributed by atoms with E-state index in [-0.39, 0.29) is 48.7 Å². The van der Waals surface area contributed by atoms with Gasteiger partial charge in [-0.2, -0.15) is 0 Å². The van der Waals surface area contributed by atoms with E-state index >= 15 is 0 Å². The number of carboxylic acid groups (broad SMARTS) is 2. The predicted octanol–water partition coefficient (Wildman–Crippen LogP) is 4.45. The van der Waals surface area contributed by atoms with Crippen LogP contribution in [0.1, 0.15) is 78.1 Å². The number of rotatable bonds is 8. The SMILES string of the molecule is C=CC1=C(C)c2cc3[nH]c(cc4nc(cc5[nH]c(cc1n2)c(C)c5CCC(=O)[O-])C(CCC(=O)[O-])=C4C)c(C)c3C=C.[Mg+2]. The molecule has 43 heavy (non-hydrogen) atoms. The Morgan fingerprint density at radius 3 is 1.91 bits per heavy atom. The van der Waals surface area contributed by atoms with E-state index in [9.17, 15) is 19.8 Å². The Morgan fingerprint density at radius 2 is 1.26 bits per heavy atom. The van der Waals surface area contributed by atoms with Crippen molar-refractivity contribution >= 4 is 85.4 Å². The Morgan fingerprint density at radius 1 is 0.721 bits per heavy atom. The van der Waals surface area contributed by atoms with Crippen molar-refractivity contribution in [3.63, 3.8) is 0 Å². The number of fused-ring (bicyclic) bond motifs is 8. The summed E-state index contributed by atoms with van der Waals surface area (Å²) in [6.07, 6.45) is 3.81. The Hall–Kier alpha value is -4.21. The van der Waals surface area contributed by atoms with Crippen molar-refractivity contribution in [2.45, 2.75) is 53.4 Å². The maximum atomic E-state index is 11.4. The smallest absolute Gasteiger partial charge is 0.550 e. The first kappa shape index (κ1) is 31.7. The normalized spacial score (nSPS) is 12.7. The quantitative estimate of drug-likeness (QED) is 0.375. The minimum atomic E-state index is -1.14. The van der Waals surface area contributed by atoms with Crippen molar-refractivity contribution in [1.29, 1.82) is 0 Å². The van der Waals surface area contributed by atoms with Gasteiger partial charge in [0, 0.05) is 45.1 Å². The van der Waals surface area contributed by atoms with Gasteiger partial charge in [-0.15, -0.1) is 0 Å². The van der Waals surface area contributed by atoms with Gasteiger partial charge in [0.2, 0.25) is 0 Å². The number of aryl methyl sites for hydroxylation is 3. The first-order valence-corrected chi connectivity index (χ1v) is 13.8. The van der Waals surface area contributed by atoms with Crippen LogP contribution in [-0.2, 0) is 16.0 Å². The molecule has 5 rings (SSSR count). The van der Waals surface area contributed by atoms with Crippen molar-refractivity contribution in [3.8, 4) is 0 Å². The van der Waals surface area contributed by atoms with E-state index in [1.54, 1.807) is 6.08 Å². The maximum absolute atomic E-state index is 11.4. The molecular formula is C34H32MgN4O4. The number of aliphatic carboxylic acids is 2. The molecule has 2 N–H and O–H groups in total. The molecule has 0 aromatic carbocycles. The zero-order valence-electron chi connectivity index (χ0n) is 24.9. The summed E-state index contributed by atoms with van der Waals surface area (Å²) in [4.78, 5) is 39.7. The summed E-state index contributed by atoms with van der Waals surface area (Å²) >= 11 is 0. The molecule has 214 valence electrons. The number of H-pyrrole nitrogens is 2. The Labute approximate surface area is 266 Å². The second-order valence-electron chi connectivity index (χ2n) is 10.7. The molecule has 8 bridgehead atoms. The van der Waals surface area contributed by atoms with Gasteiger partial charge < -0.3 is 29.8 Å². The molecule has 0 spiro atoms. The molecule has 3 aromatic heterocycles. The van der Waals surface area contributed by atoms with E-state index in [4.69, 9.17) is 9.97 Å². The number of nitrogens with zero attached hydrogens (tertiary/aromatic N) is 2. The van der Waals surface area contributed by atoms with Crippen LogP contribution in [0.15, 0.2) is 43.5 Å². The molecule has 0 atom stereocenters. The van der Waals surface area contributed by atoms with Crippen LogP contribution in [0.25, 0.3) is 50.4 Å². The van der Waals surface area contributed by atoms with E-state index in [1.807, 2.05) is 58.0 Å². The molecular weight excluding hydrogens is 553 g/mol. The van der Waals surface area contributed by atoms with Gasteiger partial charge in [0.05, 0.1) is 22.8 Å². The fraction of sp³-hybridized carbons (Fsp3) is 0.235. The van der Waals surface area contributed by atoms with Crippen LogP contribution in [0.2, 0.25) is 0 Å². The van der Waals surface area contributed by atoms with E-state index in [0.717, 1.165) is 72.5 Å². The fourth-order valence-electron chi connectivity index (χ4n) is 5.76. The van der Waals surface area contributed by atoms with Crippen LogP contribution in [-0.4, -0.2) is 54.9 Å². The molecule has 0 unspecified atom stereocenters. The molecule has 5 heterocycles. The standard InChI is InChI=1S/C34H34N4O4.Mg/c1-7-21-17(3)25-13-26-19(5)23(9-11-33(39)40)31(37-26)16-32-24(10-12-34(41)42)20(6)28(38-32)15-30-22(8-2)18(4)27(36-30)14-29(21)35-25;/h7-8,13-16,35,38H,1-2,9-12H2,3-6H3,(H,39,40)(H,41,42);/q;+2/p-2. The number of aromatic nitrogens is 4. The van der Waals surface area contributed by atoms with Crippen molar-refractivity contribution in [1.82, 2.24) is 19.9 Å². The van der Waals surface area contributed by atoms with Crippen LogP contribution in [0.3, 0.4) is 0 Å². The van der Waals surface area contributed by atoms with Gasteiger partial charge in [-0.3, -0.25) is 0 Å². The second-order valence-corrected chi connectivity index (χ2v) is 10.7. The van der Waals surface area contributed by atoms with Gasteiger partial charge >= 0.3 is 23.1 Å². The number of aromatic amines is 2. The zero-order chi connectivity index (χ0) is 30.3. The summed E-state index contributed by atoms with van der Waals surface area (Å²) in [5.74, 6) is -2.28. The third-order valence-electron chi connectivity index (χ3n) is 8.20. The molecule has 0 aliphatic carbocycles. The van der Waals surface area contributed by atoms with Crippen LogP contribution in [0.5, 0.6) is 0 Å². The van der Waals surface area contributed by atoms with E-state index in [0.29, 0.717) is 16.9 Å². The van der Waals surface area contributed by atoms with Gasteiger partial charge in [0.25, 0.3) is 0 Å². The molecule has 8 nitrogen and oxygen atoms in total. The first-order valence-electron chi connectivity index (χ1n) is 13.8. The molecule has 0 amide bonds. The van der Waals surface area contributed by atoms with Crippen molar-refractivity contribution < 1.29 is 19.8 Å². The largest absolute Gasteiger partial charge is 2.00 e. The Balaban J connectivity index is 0.00000423. The van der Waals surface area contributed by atoms with Gasteiger partial charge in [-0.25, -0.2) is 9.97 Å². The van der Waals surface area contributed by atoms with Gasteiger partial charge in [0.15, 0.2) is 0 Å². The molecule has 2 aliphatic rings. The van der Waals surface area contributed by atoms with Crippen molar-refractivity contribution in [3.05, 3.63) is 88.5 Å². The van der Waals surface area contributed by atoms with Crippen molar-refractivity contribution in [2.24, 2.45) is 0 Å². The average molecular weight is 585 g/mol. The number of carbonyl (C=O) groups is 2. The van der Waals surface area contributed by atoms with Gasteiger partial charge in [-0.05, 0) is 111 Å². The minimum Gasteiger partial charge on any atom is -0.550 e. The number of carboxylic acids is 2. The summed E-state index contributed by atoms with van der Waals surface area (Å²) in [5, 5.41) is 22.8. The van der Waals surface area contributed by atoms with Gasteiger partial charge in [0.1, 0.15) is 0 Å². The monoisotopic (exact) mass is 584 g/mol. The predicted molar refractivity (Wildman–Crippen MR) is 169 cm³/mol. The Kier molecular flexibility index (Phi) is 9.27. The number of nitrogens with one attached hydrogen (secondary N) is 2. The maximum Gasteiger partial charge on any atom is 2.00 e. The zero-order valence-corrected chi connectivity index (χ0v) is 26.4. The number of hydrogen-bond acceptors (Lipinski definition) is 6. The fourth-order valence-corrected chi connectivity index (χ4v) is 5.76. The molecule has 0 saturated heterocycles. The summed E-state index contributed by atoms with van der Waals surface area (Å²) in [6, 6.07) is 7.78. The van der Waals surface area contributed by atoms with Crippen LogP contribution in [0.4, 0.5) is 0 Å². The van der Waals surface area contributed by atoms with E-state index in [2.05, 4.69) is 23.1 Å². The van der Waals surface area contributed by atoms with E-state index < -0.39 is 11.9 Å². The summed E-state index contributed by atoms with van der Waals surface area (Å²) in [6.45, 7) is 15.9. The number of carbonyl (C=O) groups excluding carboxylic acids is 2. The minimum absolute atomic E-state index is 0. The molecule has 0 saturated carbocycles. The summed E-state index contributed by atoms with van der Waals surface area (Å²) in [7, 11) is 0. The molecule has 9 heteroatoms. The third-order valence-corrected chi connectivity index (χ3v) is 8.20. The summed E-state index contributed by atoms with van der Waals surface area (Å²) < 4.78 is 0. The first-order chi connectivity index (χ1) is 20.0. The molecule has 2 aliphatic heterocycles. The Bertz CT molecular complexity index is 1920. The van der Waals surface area contributed by atoms with Crippen molar-refractivity contribution in [2.75, 3.05) is 0 Å². The van der Waals surface area contributed by atoms with E-state index in [1.165, 1.54) is 0 Å². The topological polar surface area (TPSA) is 138 Å². The number of hydrogen-bond donors (Lipinski definition) is 2. The number of allylic oxidation sites excluding steroid dienone is 5. The summed E-state index contributed by atoms with van der Waals surface area (Å²) in [5.41, 5.74) is 13.3. The average Bonchev–Trinajstić information content (AvgIpc) is 3.59. The molecule has 0 fully saturated rings. The van der Waals surface area contributed by atoms with Crippen LogP contribution < -0.4 is 10.2 Å². The molecule has 0 radical (unpaired) electrons. The second kappa shape index (κ2) is 12.6. The third kappa shape index (κ3) is 6.00.